The maximum Gasteiger partial charge on any atom is 0.338 e. The number of aromatic nitrogens is 2. The molecule has 1 heterocycles. The molecule has 4 rings (SSSR count). The number of aryl methyl sites for hydroxylation is 1. The summed E-state index contributed by atoms with van der Waals surface area (Å²) in [6.45, 7) is 1.63. The molecule has 0 radical (unpaired) electrons. The quantitative estimate of drug-likeness (QED) is 0.818. The number of rotatable bonds is 2. The summed E-state index contributed by atoms with van der Waals surface area (Å²) in [6.07, 6.45) is 6.19. The minimum Gasteiger partial charge on any atom is -0.300 e. The second kappa shape index (κ2) is 6.44. The Morgan fingerprint density at radius 3 is 2.30 bits per heavy atom. The average molecular weight is 366 g/mol. The van der Waals surface area contributed by atoms with Gasteiger partial charge in [-0.2, -0.15) is 4.57 Å². The maximum absolute atomic E-state index is 13.0. The van der Waals surface area contributed by atoms with E-state index in [-0.39, 0.29) is 11.5 Å². The van der Waals surface area contributed by atoms with E-state index in [2.05, 4.69) is 0 Å². The lowest BCUT2D eigenvalue weighted by Crippen LogP contribution is -2.50. The first-order chi connectivity index (χ1) is 12.9. The van der Waals surface area contributed by atoms with Gasteiger partial charge in [-0.25, -0.2) is 4.79 Å². The van der Waals surface area contributed by atoms with E-state index in [0.29, 0.717) is 29.8 Å². The second-order valence-corrected chi connectivity index (χ2v) is 7.91. The van der Waals surface area contributed by atoms with Gasteiger partial charge in [-0.15, -0.1) is 0 Å². The second-order valence-electron chi connectivity index (χ2n) is 7.91. The molecule has 2 aliphatic carbocycles. The van der Waals surface area contributed by atoms with Gasteiger partial charge in [0.1, 0.15) is 5.78 Å². The highest BCUT2D eigenvalue weighted by molar-refractivity contribution is 5.95. The van der Waals surface area contributed by atoms with E-state index >= 15 is 0 Å². The Morgan fingerprint density at radius 2 is 1.67 bits per heavy atom. The van der Waals surface area contributed by atoms with Crippen molar-refractivity contribution in [3.63, 3.8) is 0 Å². The molecule has 1 spiro atoms. The molecule has 27 heavy (non-hydrogen) atoms. The third kappa shape index (κ3) is 2.99. The monoisotopic (exact) mass is 366 g/mol. The molecular formula is C21H22N2O4. The highest BCUT2D eigenvalue weighted by Gasteiger charge is 2.47. The van der Waals surface area contributed by atoms with Gasteiger partial charge in [0, 0.05) is 36.2 Å². The summed E-state index contributed by atoms with van der Waals surface area (Å²) in [5.74, 6) is -0.278. The lowest BCUT2D eigenvalue weighted by molar-refractivity contribution is -0.124. The van der Waals surface area contributed by atoms with Crippen molar-refractivity contribution in [1.82, 2.24) is 9.13 Å². The molecule has 0 aliphatic heterocycles. The van der Waals surface area contributed by atoms with E-state index < -0.39 is 17.2 Å². The Hall–Kier alpha value is -2.76. The van der Waals surface area contributed by atoms with Crippen molar-refractivity contribution in [3.8, 4) is 0 Å². The number of carbonyl (C=O) groups excluding carboxylic acids is 2. The molecule has 140 valence electrons. The van der Waals surface area contributed by atoms with Crippen LogP contribution in [0.15, 0.2) is 46.1 Å². The fourth-order valence-electron chi connectivity index (χ4n) is 4.45. The number of hydrogen-bond donors (Lipinski definition) is 0. The Labute approximate surface area is 156 Å². The van der Waals surface area contributed by atoms with Crippen molar-refractivity contribution in [2.24, 2.45) is 5.41 Å². The van der Waals surface area contributed by atoms with Gasteiger partial charge in [0.05, 0.1) is 0 Å². The van der Waals surface area contributed by atoms with Crippen LogP contribution in [-0.4, -0.2) is 20.8 Å². The van der Waals surface area contributed by atoms with Crippen LogP contribution in [0.4, 0.5) is 0 Å². The number of hydrogen-bond acceptors (Lipinski definition) is 4. The van der Waals surface area contributed by atoms with Gasteiger partial charge in [-0.3, -0.25) is 19.0 Å². The molecule has 2 fully saturated rings. The van der Waals surface area contributed by atoms with Crippen molar-refractivity contribution >= 4 is 11.7 Å². The van der Waals surface area contributed by atoms with E-state index in [1.54, 1.807) is 48.0 Å². The van der Waals surface area contributed by atoms with Crippen molar-refractivity contribution in [1.29, 1.82) is 0 Å². The molecule has 0 saturated heterocycles. The average Bonchev–Trinajstić information content (AvgIpc) is 2.65. The van der Waals surface area contributed by atoms with Gasteiger partial charge < -0.3 is 0 Å². The molecular weight excluding hydrogens is 344 g/mol. The number of nitrogens with zero attached hydrogens (tertiary/aromatic N) is 2. The van der Waals surface area contributed by atoms with Gasteiger partial charge in [-0.05, 0) is 50.2 Å². The summed E-state index contributed by atoms with van der Waals surface area (Å²) >= 11 is 0. The predicted molar refractivity (Wildman–Crippen MR) is 100 cm³/mol. The first-order valence-electron chi connectivity index (χ1n) is 9.36. The fraction of sp³-hybridized carbons (Fsp3) is 0.429. The number of benzene rings is 1. The van der Waals surface area contributed by atoms with Crippen molar-refractivity contribution in [2.45, 2.75) is 51.5 Å². The zero-order chi connectivity index (χ0) is 19.2. The molecule has 2 aromatic rings. The smallest absolute Gasteiger partial charge is 0.300 e. The Balaban J connectivity index is 1.67. The van der Waals surface area contributed by atoms with Crippen LogP contribution in [0, 0.1) is 12.3 Å². The highest BCUT2D eigenvalue weighted by Crippen LogP contribution is 2.55. The summed E-state index contributed by atoms with van der Waals surface area (Å²) in [5.41, 5.74) is -0.326. The lowest BCUT2D eigenvalue weighted by Gasteiger charge is -2.50. The molecule has 0 unspecified atom stereocenters. The van der Waals surface area contributed by atoms with E-state index in [4.69, 9.17) is 0 Å². The minimum absolute atomic E-state index is 0.0279. The molecule has 6 heteroatoms. The van der Waals surface area contributed by atoms with Crippen LogP contribution in [0.5, 0.6) is 0 Å². The molecule has 0 amide bonds. The third-order valence-electron chi connectivity index (χ3n) is 6.11. The van der Waals surface area contributed by atoms with E-state index in [0.717, 1.165) is 30.3 Å². The molecule has 1 aromatic carbocycles. The van der Waals surface area contributed by atoms with Gasteiger partial charge in [-0.1, -0.05) is 18.2 Å². The number of Topliss-reactive ketones (excluding diaryl/α,β-unsaturated/α-hetero) is 1. The molecule has 0 bridgehead atoms. The fourth-order valence-corrected chi connectivity index (χ4v) is 4.45. The highest BCUT2D eigenvalue weighted by atomic mass is 16.2. The summed E-state index contributed by atoms with van der Waals surface area (Å²) in [7, 11) is 0. The minimum atomic E-state index is -0.597. The predicted octanol–water partition coefficient (Wildman–Crippen LogP) is 2.47. The Morgan fingerprint density at radius 1 is 1.04 bits per heavy atom. The van der Waals surface area contributed by atoms with Gasteiger partial charge >= 0.3 is 5.69 Å². The van der Waals surface area contributed by atoms with E-state index in [1.807, 2.05) is 0 Å². The first kappa shape index (κ1) is 17.6. The molecule has 1 aromatic heterocycles. The van der Waals surface area contributed by atoms with Crippen LogP contribution in [-0.2, 0) is 4.79 Å². The van der Waals surface area contributed by atoms with Crippen LogP contribution in [0.3, 0.4) is 0 Å². The summed E-state index contributed by atoms with van der Waals surface area (Å²) in [6, 6.07) is 8.34. The number of carbonyl (C=O) groups is 2. The van der Waals surface area contributed by atoms with Crippen molar-refractivity contribution in [2.75, 3.05) is 0 Å². The van der Waals surface area contributed by atoms with Crippen LogP contribution >= 0.6 is 0 Å². The van der Waals surface area contributed by atoms with Crippen LogP contribution < -0.4 is 11.2 Å². The maximum atomic E-state index is 13.0. The van der Waals surface area contributed by atoms with Gasteiger partial charge in [0.2, 0.25) is 0 Å². The lowest BCUT2D eigenvalue weighted by atomic mass is 9.58. The van der Waals surface area contributed by atoms with Crippen molar-refractivity contribution in [3.05, 3.63) is 68.5 Å². The van der Waals surface area contributed by atoms with E-state index in [9.17, 15) is 19.2 Å². The van der Waals surface area contributed by atoms with Gasteiger partial charge in [0.25, 0.3) is 11.5 Å². The summed E-state index contributed by atoms with van der Waals surface area (Å²) in [4.78, 5) is 49.7. The number of ketones is 1. The topological polar surface area (TPSA) is 78.1 Å². The largest absolute Gasteiger partial charge is 0.338 e. The molecule has 2 aliphatic rings. The first-order valence-corrected chi connectivity index (χ1v) is 9.36. The zero-order valence-corrected chi connectivity index (χ0v) is 15.3. The standard InChI is InChI=1S/C21H22N2O4/c1-14-13-22(16-11-21(12-16)9-7-17(24)8-10-21)20(27)23(18(14)25)19(26)15-5-3-2-4-6-15/h2-6,13,16H,7-12H2,1H3. The molecule has 2 saturated carbocycles. The normalized spacial score (nSPS) is 19.1. The summed E-state index contributed by atoms with van der Waals surface area (Å²) < 4.78 is 2.29. The molecule has 0 N–H and O–H groups in total. The summed E-state index contributed by atoms with van der Waals surface area (Å²) in [5, 5.41) is 0. The van der Waals surface area contributed by atoms with Crippen LogP contribution in [0.1, 0.15) is 60.5 Å². The van der Waals surface area contributed by atoms with E-state index in [1.165, 1.54) is 0 Å². The molecule has 6 nitrogen and oxygen atoms in total. The van der Waals surface area contributed by atoms with Gasteiger partial charge in [0.15, 0.2) is 0 Å². The molecule has 0 atom stereocenters. The third-order valence-corrected chi connectivity index (χ3v) is 6.11. The zero-order valence-electron chi connectivity index (χ0n) is 15.3. The SMILES string of the molecule is Cc1cn(C2CC3(CCC(=O)CC3)C2)c(=O)n(C(=O)c2ccccc2)c1=O. The Bertz CT molecular complexity index is 1010. The van der Waals surface area contributed by atoms with Crippen LogP contribution in [0.25, 0.3) is 0 Å². The Kier molecular flexibility index (Phi) is 4.21. The van der Waals surface area contributed by atoms with Crippen LogP contribution in [0.2, 0.25) is 0 Å². The van der Waals surface area contributed by atoms with Crippen molar-refractivity contribution < 1.29 is 9.59 Å².